The third kappa shape index (κ3) is 4.33. The highest BCUT2D eigenvalue weighted by atomic mass is 19.1. The molecule has 0 fully saturated rings. The molecule has 0 saturated heterocycles. The number of aryl methyl sites for hydroxylation is 1. The van der Waals surface area contributed by atoms with Crippen LogP contribution in [0.4, 0.5) is 8.78 Å². The van der Waals surface area contributed by atoms with Crippen molar-refractivity contribution in [3.05, 3.63) is 65.0 Å². The highest BCUT2D eigenvalue weighted by molar-refractivity contribution is 5.25. The fourth-order valence-corrected chi connectivity index (χ4v) is 2.30. The number of aromatic nitrogens is 1. The summed E-state index contributed by atoms with van der Waals surface area (Å²) in [5, 5.41) is 3.40. The van der Waals surface area contributed by atoms with Crippen LogP contribution in [0, 0.1) is 18.6 Å². The van der Waals surface area contributed by atoms with Crippen molar-refractivity contribution in [3.63, 3.8) is 0 Å². The van der Waals surface area contributed by atoms with Crippen molar-refractivity contribution in [1.29, 1.82) is 0 Å². The number of hydrogen-bond donors (Lipinski definition) is 1. The molecule has 21 heavy (non-hydrogen) atoms. The average molecular weight is 290 g/mol. The summed E-state index contributed by atoms with van der Waals surface area (Å²) in [7, 11) is 0. The molecule has 0 radical (unpaired) electrons. The van der Waals surface area contributed by atoms with Crippen molar-refractivity contribution < 1.29 is 8.78 Å². The fourth-order valence-electron chi connectivity index (χ4n) is 2.30. The van der Waals surface area contributed by atoms with E-state index in [2.05, 4.69) is 17.2 Å². The van der Waals surface area contributed by atoms with Gasteiger partial charge in [0.25, 0.3) is 0 Å². The van der Waals surface area contributed by atoms with E-state index >= 15 is 0 Å². The number of benzene rings is 1. The van der Waals surface area contributed by atoms with Gasteiger partial charge < -0.3 is 5.32 Å². The number of pyridine rings is 1. The maximum absolute atomic E-state index is 13.8. The van der Waals surface area contributed by atoms with Crippen LogP contribution in [-0.4, -0.2) is 11.5 Å². The zero-order chi connectivity index (χ0) is 15.2. The molecule has 112 valence electrons. The van der Waals surface area contributed by atoms with Crippen molar-refractivity contribution in [1.82, 2.24) is 10.3 Å². The van der Waals surface area contributed by atoms with Crippen LogP contribution in [0.15, 0.2) is 36.7 Å². The Hall–Kier alpha value is -1.81. The summed E-state index contributed by atoms with van der Waals surface area (Å²) >= 11 is 0. The van der Waals surface area contributed by atoms with Gasteiger partial charge in [-0.05, 0) is 49.1 Å². The normalized spacial score (nSPS) is 12.4. The summed E-state index contributed by atoms with van der Waals surface area (Å²) in [6, 6.07) is 5.75. The molecule has 0 aliphatic heterocycles. The van der Waals surface area contributed by atoms with Gasteiger partial charge in [-0.3, -0.25) is 4.98 Å². The zero-order valence-corrected chi connectivity index (χ0v) is 12.4. The van der Waals surface area contributed by atoms with Crippen LogP contribution in [0.3, 0.4) is 0 Å². The van der Waals surface area contributed by atoms with E-state index in [1.165, 1.54) is 12.1 Å². The topological polar surface area (TPSA) is 24.9 Å². The first kappa shape index (κ1) is 15.6. The smallest absolute Gasteiger partial charge is 0.129 e. The van der Waals surface area contributed by atoms with Crippen LogP contribution in [-0.2, 0) is 6.42 Å². The van der Waals surface area contributed by atoms with E-state index in [4.69, 9.17) is 0 Å². The van der Waals surface area contributed by atoms with Gasteiger partial charge in [-0.1, -0.05) is 19.1 Å². The van der Waals surface area contributed by atoms with Gasteiger partial charge in [-0.15, -0.1) is 0 Å². The molecule has 0 spiro atoms. The number of nitrogens with one attached hydrogen (secondary N) is 1. The molecule has 0 aliphatic carbocycles. The van der Waals surface area contributed by atoms with Crippen LogP contribution in [0.25, 0.3) is 0 Å². The third-order valence-electron chi connectivity index (χ3n) is 3.38. The molecule has 1 aromatic heterocycles. The molecular formula is C17H20F2N2. The molecule has 1 heterocycles. The maximum atomic E-state index is 13.8. The van der Waals surface area contributed by atoms with E-state index in [0.29, 0.717) is 12.0 Å². The fraction of sp³-hybridized carbons (Fsp3) is 0.353. The Bertz CT molecular complexity index is 599. The molecule has 0 aliphatic rings. The Morgan fingerprint density at radius 2 is 2.00 bits per heavy atom. The van der Waals surface area contributed by atoms with Gasteiger partial charge in [0, 0.05) is 24.5 Å². The number of hydrogen-bond acceptors (Lipinski definition) is 2. The molecule has 2 aromatic rings. The Morgan fingerprint density at radius 3 is 2.67 bits per heavy atom. The maximum Gasteiger partial charge on any atom is 0.129 e. The van der Waals surface area contributed by atoms with Gasteiger partial charge in [-0.2, -0.15) is 0 Å². The molecule has 1 aromatic carbocycles. The molecular weight excluding hydrogens is 270 g/mol. The second-order valence-electron chi connectivity index (χ2n) is 5.24. The van der Waals surface area contributed by atoms with E-state index in [0.717, 1.165) is 30.2 Å². The van der Waals surface area contributed by atoms with E-state index in [9.17, 15) is 8.78 Å². The number of nitrogens with zero attached hydrogens (tertiary/aromatic N) is 1. The monoisotopic (exact) mass is 290 g/mol. The quantitative estimate of drug-likeness (QED) is 0.871. The van der Waals surface area contributed by atoms with Crippen molar-refractivity contribution in [2.75, 3.05) is 6.54 Å². The van der Waals surface area contributed by atoms with Crippen molar-refractivity contribution in [2.24, 2.45) is 0 Å². The summed E-state index contributed by atoms with van der Waals surface area (Å²) in [6.07, 6.45) is 5.04. The van der Waals surface area contributed by atoms with Crippen LogP contribution < -0.4 is 5.32 Å². The van der Waals surface area contributed by atoms with Crippen LogP contribution in [0.5, 0.6) is 0 Å². The Balaban J connectivity index is 2.23. The van der Waals surface area contributed by atoms with E-state index in [-0.39, 0.29) is 6.04 Å². The lowest BCUT2D eigenvalue weighted by atomic mass is 9.98. The van der Waals surface area contributed by atoms with Crippen molar-refractivity contribution >= 4 is 0 Å². The van der Waals surface area contributed by atoms with Crippen molar-refractivity contribution in [2.45, 2.75) is 32.7 Å². The van der Waals surface area contributed by atoms with Crippen LogP contribution >= 0.6 is 0 Å². The molecule has 1 unspecified atom stereocenters. The number of halogens is 2. The molecule has 0 bridgehead atoms. The molecule has 0 saturated carbocycles. The molecule has 1 atom stereocenters. The minimum atomic E-state index is -0.550. The first-order chi connectivity index (χ1) is 10.1. The lowest BCUT2D eigenvalue weighted by Gasteiger charge is -2.19. The molecule has 4 heteroatoms. The zero-order valence-electron chi connectivity index (χ0n) is 12.4. The van der Waals surface area contributed by atoms with Crippen molar-refractivity contribution in [3.8, 4) is 0 Å². The largest absolute Gasteiger partial charge is 0.310 e. The molecule has 2 rings (SSSR count). The first-order valence-electron chi connectivity index (χ1n) is 7.19. The summed E-state index contributed by atoms with van der Waals surface area (Å²) in [4.78, 5) is 4.20. The summed E-state index contributed by atoms with van der Waals surface area (Å²) in [5.41, 5.74) is 2.59. The SMILES string of the molecule is CCCNC(Cc1ccc(F)cc1F)c1cncc(C)c1. The predicted molar refractivity (Wildman–Crippen MR) is 80.1 cm³/mol. The van der Waals surface area contributed by atoms with Gasteiger partial charge >= 0.3 is 0 Å². The first-order valence-corrected chi connectivity index (χ1v) is 7.19. The van der Waals surface area contributed by atoms with Gasteiger partial charge in [-0.25, -0.2) is 8.78 Å². The van der Waals surface area contributed by atoms with E-state index < -0.39 is 11.6 Å². The molecule has 0 amide bonds. The molecule has 1 N–H and O–H groups in total. The van der Waals surface area contributed by atoms with Gasteiger partial charge in [0.05, 0.1) is 0 Å². The second-order valence-corrected chi connectivity index (χ2v) is 5.24. The van der Waals surface area contributed by atoms with Gasteiger partial charge in [0.2, 0.25) is 0 Å². The van der Waals surface area contributed by atoms with E-state index in [1.807, 2.05) is 13.0 Å². The van der Waals surface area contributed by atoms with Gasteiger partial charge in [0.1, 0.15) is 11.6 Å². The van der Waals surface area contributed by atoms with Crippen LogP contribution in [0.2, 0.25) is 0 Å². The minimum absolute atomic E-state index is 0.0303. The standard InChI is InChI=1S/C17H20F2N2/c1-3-6-21-17(14-7-12(2)10-20-11-14)8-13-4-5-15(18)9-16(13)19/h4-5,7,9-11,17,21H,3,6,8H2,1-2H3. The molecule has 2 nitrogen and oxygen atoms in total. The minimum Gasteiger partial charge on any atom is -0.310 e. The summed E-state index contributed by atoms with van der Waals surface area (Å²) < 4.78 is 26.8. The third-order valence-corrected chi connectivity index (χ3v) is 3.38. The Kier molecular flexibility index (Phi) is 5.39. The second kappa shape index (κ2) is 7.27. The highest BCUT2D eigenvalue weighted by Crippen LogP contribution is 2.21. The lowest BCUT2D eigenvalue weighted by Crippen LogP contribution is -2.24. The lowest BCUT2D eigenvalue weighted by molar-refractivity contribution is 0.507. The highest BCUT2D eigenvalue weighted by Gasteiger charge is 2.15. The Labute approximate surface area is 124 Å². The van der Waals surface area contributed by atoms with Gasteiger partial charge in [0.15, 0.2) is 0 Å². The average Bonchev–Trinajstić information content (AvgIpc) is 2.45. The summed E-state index contributed by atoms with van der Waals surface area (Å²) in [6.45, 7) is 4.89. The predicted octanol–water partition coefficient (Wildman–Crippen LogP) is 3.95. The van der Waals surface area contributed by atoms with E-state index in [1.54, 1.807) is 12.4 Å². The summed E-state index contributed by atoms with van der Waals surface area (Å²) in [5.74, 6) is -1.05. The number of rotatable bonds is 6. The Morgan fingerprint density at radius 1 is 1.19 bits per heavy atom. The van der Waals surface area contributed by atoms with Crippen LogP contribution in [0.1, 0.15) is 36.1 Å².